The van der Waals surface area contributed by atoms with Gasteiger partial charge in [-0.2, -0.15) is 0 Å². The third kappa shape index (κ3) is 8.83. The minimum atomic E-state index is -0.658. The van der Waals surface area contributed by atoms with E-state index in [1.54, 1.807) is 6.08 Å². The Morgan fingerprint density at radius 2 is 1.23 bits per heavy atom. The van der Waals surface area contributed by atoms with Gasteiger partial charge < -0.3 is 28.4 Å². The fourth-order valence-electron chi connectivity index (χ4n) is 4.52. The van der Waals surface area contributed by atoms with Crippen molar-refractivity contribution in [3.8, 4) is 0 Å². The molecule has 5 rings (SSSR count). The maximum absolute atomic E-state index is 6.54. The van der Waals surface area contributed by atoms with Gasteiger partial charge in [0.25, 0.3) is 0 Å². The van der Waals surface area contributed by atoms with Crippen molar-refractivity contribution >= 4 is 0 Å². The van der Waals surface area contributed by atoms with Crippen LogP contribution in [0.3, 0.4) is 0 Å². The third-order valence-electron chi connectivity index (χ3n) is 6.30. The quantitative estimate of drug-likeness (QED) is 0.249. The van der Waals surface area contributed by atoms with Crippen LogP contribution in [0, 0.1) is 0 Å². The van der Waals surface area contributed by atoms with E-state index in [0.29, 0.717) is 26.4 Å². The van der Waals surface area contributed by atoms with Gasteiger partial charge >= 0.3 is 0 Å². The zero-order valence-corrected chi connectivity index (χ0v) is 24.2. The predicted octanol–water partition coefficient (Wildman–Crippen LogP) is 7.25. The van der Waals surface area contributed by atoms with Crippen LogP contribution in [0.15, 0.2) is 104 Å². The summed E-state index contributed by atoms with van der Waals surface area (Å²) < 4.78 is 37.9. The van der Waals surface area contributed by atoms with Crippen molar-refractivity contribution in [3.05, 3.63) is 120 Å². The van der Waals surface area contributed by atoms with Gasteiger partial charge in [0.1, 0.15) is 24.4 Å². The van der Waals surface area contributed by atoms with Gasteiger partial charge in [-0.05, 0) is 11.1 Å². The second kappa shape index (κ2) is 17.8. The minimum absolute atomic E-state index is 0.326. The molecule has 0 spiro atoms. The molecule has 0 N–H and O–H groups in total. The van der Waals surface area contributed by atoms with E-state index < -0.39 is 30.9 Å². The van der Waals surface area contributed by atoms with E-state index in [-0.39, 0.29) is 6.10 Å². The van der Waals surface area contributed by atoms with Gasteiger partial charge in [-0.3, -0.25) is 0 Å². The summed E-state index contributed by atoms with van der Waals surface area (Å²) in [5.41, 5.74) is 3.07. The maximum Gasteiger partial charge on any atom is 0.187 e. The van der Waals surface area contributed by atoms with E-state index in [4.69, 9.17) is 28.4 Å². The van der Waals surface area contributed by atoms with Gasteiger partial charge in [-0.25, -0.2) is 0 Å². The molecule has 6 atom stereocenters. The second-order valence-electron chi connectivity index (χ2n) is 8.86. The van der Waals surface area contributed by atoms with E-state index >= 15 is 0 Å². The summed E-state index contributed by atoms with van der Waals surface area (Å²) >= 11 is 0. The first-order valence-electron chi connectivity index (χ1n) is 14.3. The summed E-state index contributed by atoms with van der Waals surface area (Å²) in [5.74, 6) is 0. The first-order chi connectivity index (χ1) is 19.8. The topological polar surface area (TPSA) is 55.4 Å². The molecule has 6 nitrogen and oxygen atoms in total. The maximum atomic E-state index is 6.54. The molecule has 3 aromatic rings. The van der Waals surface area contributed by atoms with Crippen LogP contribution in [0.5, 0.6) is 0 Å². The zero-order valence-electron chi connectivity index (χ0n) is 24.2. The molecule has 0 amide bonds. The van der Waals surface area contributed by atoms with Crippen LogP contribution in [-0.2, 0) is 41.6 Å². The van der Waals surface area contributed by atoms with Crippen LogP contribution < -0.4 is 0 Å². The molecule has 40 heavy (non-hydrogen) atoms. The van der Waals surface area contributed by atoms with Crippen molar-refractivity contribution < 1.29 is 28.4 Å². The first kappa shape index (κ1) is 31.7. The molecule has 2 fully saturated rings. The van der Waals surface area contributed by atoms with Gasteiger partial charge in [0.15, 0.2) is 12.6 Å². The Hall–Kier alpha value is -2.84. The lowest BCUT2D eigenvalue weighted by Gasteiger charge is -2.48. The predicted molar refractivity (Wildman–Crippen MR) is 158 cm³/mol. The molecule has 0 bridgehead atoms. The van der Waals surface area contributed by atoms with Gasteiger partial charge in [0, 0.05) is 5.56 Å². The van der Waals surface area contributed by atoms with Crippen LogP contribution in [0.25, 0.3) is 0 Å². The lowest BCUT2D eigenvalue weighted by atomic mass is 9.97. The zero-order chi connectivity index (χ0) is 28.6. The molecule has 2 aliphatic rings. The molecule has 0 aromatic heterocycles. The van der Waals surface area contributed by atoms with Gasteiger partial charge in [0.05, 0.1) is 26.4 Å². The standard InChI is InChI=1S/C30H32O6.2C2H6/c1-2-18-31-30-28(33-20-23-14-8-4-9-15-23)27(32-19-22-12-6-3-7-13-22)26-25(35-30)21-34-29(36-26)24-16-10-5-11-17-24;2*1-2/h2-17,25-30H,1,18-21H2;2*1-2H3. The Balaban J connectivity index is 0.00000106. The first-order valence-corrected chi connectivity index (χ1v) is 14.3. The number of hydrogen-bond donors (Lipinski definition) is 0. The Kier molecular flexibility index (Phi) is 14.1. The van der Waals surface area contributed by atoms with Crippen molar-refractivity contribution in [2.24, 2.45) is 0 Å². The molecule has 6 heteroatoms. The van der Waals surface area contributed by atoms with Crippen LogP contribution >= 0.6 is 0 Å². The highest BCUT2D eigenvalue weighted by Crippen LogP contribution is 2.37. The molecule has 0 aliphatic carbocycles. The molecule has 6 unspecified atom stereocenters. The average molecular weight is 549 g/mol. The van der Waals surface area contributed by atoms with E-state index in [1.165, 1.54) is 0 Å². The summed E-state index contributed by atoms with van der Waals surface area (Å²) in [4.78, 5) is 0. The monoisotopic (exact) mass is 548 g/mol. The third-order valence-corrected chi connectivity index (χ3v) is 6.30. The summed E-state index contributed by atoms with van der Waals surface area (Å²) in [7, 11) is 0. The molecular weight excluding hydrogens is 504 g/mol. The molecular formula is C34H44O6. The fraction of sp³-hybridized carbons (Fsp3) is 0.412. The Bertz CT molecular complexity index is 1060. The van der Waals surface area contributed by atoms with Crippen molar-refractivity contribution in [2.45, 2.75) is 77.9 Å². The molecule has 3 aromatic carbocycles. The van der Waals surface area contributed by atoms with E-state index in [0.717, 1.165) is 16.7 Å². The second-order valence-corrected chi connectivity index (χ2v) is 8.86. The fourth-order valence-corrected chi connectivity index (χ4v) is 4.52. The molecule has 216 valence electrons. The van der Waals surface area contributed by atoms with Crippen molar-refractivity contribution in [1.82, 2.24) is 0 Å². The highest BCUT2D eigenvalue weighted by molar-refractivity contribution is 5.17. The van der Waals surface area contributed by atoms with Crippen LogP contribution in [0.2, 0.25) is 0 Å². The molecule has 0 radical (unpaired) electrons. The summed E-state index contributed by atoms with van der Waals surface area (Å²) in [6, 6.07) is 30.0. The number of rotatable bonds is 10. The average Bonchev–Trinajstić information content (AvgIpc) is 3.04. The number of hydrogen-bond acceptors (Lipinski definition) is 6. The molecule has 2 heterocycles. The number of fused-ring (bicyclic) bond motifs is 1. The summed E-state index contributed by atoms with van der Waals surface area (Å²) in [6.45, 7) is 13.3. The molecule has 2 saturated heterocycles. The van der Waals surface area contributed by atoms with E-state index in [2.05, 4.69) is 6.58 Å². The van der Waals surface area contributed by atoms with E-state index in [9.17, 15) is 0 Å². The van der Waals surface area contributed by atoms with Gasteiger partial charge in [-0.1, -0.05) is 125 Å². The highest BCUT2D eigenvalue weighted by Gasteiger charge is 2.51. The largest absolute Gasteiger partial charge is 0.368 e. The molecule has 0 saturated carbocycles. The highest BCUT2D eigenvalue weighted by atomic mass is 16.8. The number of benzene rings is 3. The minimum Gasteiger partial charge on any atom is -0.368 e. The smallest absolute Gasteiger partial charge is 0.187 e. The molecule has 2 aliphatic heterocycles. The Morgan fingerprint density at radius 1 is 0.700 bits per heavy atom. The van der Waals surface area contributed by atoms with Crippen LogP contribution in [0.4, 0.5) is 0 Å². The summed E-state index contributed by atoms with van der Waals surface area (Å²) in [6.07, 6.45) is -1.21. The van der Waals surface area contributed by atoms with Crippen LogP contribution in [0.1, 0.15) is 50.7 Å². The Morgan fingerprint density at radius 3 is 1.77 bits per heavy atom. The Labute approximate surface area is 239 Å². The SMILES string of the molecule is C=CCOC1OC2COC(c3ccccc3)OC2C(OCc2ccccc2)C1OCc1ccccc1.CC.CC. The lowest BCUT2D eigenvalue weighted by Crippen LogP contribution is -2.63. The normalized spacial score (nSPS) is 25.3. The number of ether oxygens (including phenoxy) is 6. The summed E-state index contributed by atoms with van der Waals surface area (Å²) in [5, 5.41) is 0. The van der Waals surface area contributed by atoms with Gasteiger partial charge in [-0.15, -0.1) is 6.58 Å². The lowest BCUT2D eigenvalue weighted by molar-refractivity contribution is -0.371. The van der Waals surface area contributed by atoms with Crippen molar-refractivity contribution in [3.63, 3.8) is 0 Å². The van der Waals surface area contributed by atoms with Crippen molar-refractivity contribution in [2.75, 3.05) is 13.2 Å². The van der Waals surface area contributed by atoms with Crippen LogP contribution in [-0.4, -0.2) is 43.9 Å². The van der Waals surface area contributed by atoms with Gasteiger partial charge in [0.2, 0.25) is 0 Å². The van der Waals surface area contributed by atoms with Crippen molar-refractivity contribution in [1.29, 1.82) is 0 Å². The van der Waals surface area contributed by atoms with E-state index in [1.807, 2.05) is 119 Å².